The van der Waals surface area contributed by atoms with Crippen LogP contribution in [0.5, 0.6) is 0 Å². The summed E-state index contributed by atoms with van der Waals surface area (Å²) in [6.07, 6.45) is 5.01. The van der Waals surface area contributed by atoms with Gasteiger partial charge in [-0.3, -0.25) is 4.79 Å². The molecule has 2 aliphatic rings. The highest BCUT2D eigenvalue weighted by Crippen LogP contribution is 2.30. The quantitative estimate of drug-likeness (QED) is 0.773. The Kier molecular flexibility index (Phi) is 3.57. The van der Waals surface area contributed by atoms with Gasteiger partial charge < -0.3 is 10.6 Å². The summed E-state index contributed by atoms with van der Waals surface area (Å²) in [7, 11) is 0. The molecule has 0 unspecified atom stereocenters. The van der Waals surface area contributed by atoms with Gasteiger partial charge in [0.25, 0.3) is 0 Å². The fourth-order valence-corrected chi connectivity index (χ4v) is 3.38. The average Bonchev–Trinajstić information content (AvgIpc) is 2.66. The molecule has 15 heavy (non-hydrogen) atoms. The van der Waals surface area contributed by atoms with E-state index in [1.807, 2.05) is 16.7 Å². The van der Waals surface area contributed by atoms with E-state index in [0.717, 1.165) is 37.4 Å². The van der Waals surface area contributed by atoms with Gasteiger partial charge >= 0.3 is 0 Å². The molecule has 1 aliphatic heterocycles. The van der Waals surface area contributed by atoms with Gasteiger partial charge in [-0.1, -0.05) is 12.8 Å². The van der Waals surface area contributed by atoms with Gasteiger partial charge in [0, 0.05) is 36.6 Å². The third-order valence-electron chi connectivity index (χ3n) is 3.47. The summed E-state index contributed by atoms with van der Waals surface area (Å²) in [4.78, 5) is 14.0. The lowest BCUT2D eigenvalue weighted by molar-refractivity contribution is -0.132. The molecule has 1 saturated heterocycles. The van der Waals surface area contributed by atoms with Gasteiger partial charge in [-0.05, 0) is 12.8 Å². The molecule has 4 heteroatoms. The number of nitrogens with zero attached hydrogens (tertiary/aromatic N) is 1. The Balaban J connectivity index is 1.85. The Labute approximate surface area is 95.8 Å². The minimum Gasteiger partial charge on any atom is -0.341 e. The van der Waals surface area contributed by atoms with Crippen molar-refractivity contribution in [1.82, 2.24) is 4.90 Å². The number of carbonyl (C=O) groups is 1. The highest BCUT2D eigenvalue weighted by atomic mass is 32.2. The van der Waals surface area contributed by atoms with Crippen LogP contribution in [0.2, 0.25) is 0 Å². The van der Waals surface area contributed by atoms with E-state index in [1.165, 1.54) is 12.8 Å². The largest absolute Gasteiger partial charge is 0.341 e. The molecule has 2 fully saturated rings. The Morgan fingerprint density at radius 1 is 1.27 bits per heavy atom. The number of thioether (sulfide) groups is 1. The summed E-state index contributed by atoms with van der Waals surface area (Å²) in [6, 6.07) is 0. The predicted octanol–water partition coefficient (Wildman–Crippen LogP) is 1.22. The van der Waals surface area contributed by atoms with Crippen molar-refractivity contribution in [3.05, 3.63) is 0 Å². The minimum atomic E-state index is -0.179. The molecule has 0 atom stereocenters. The zero-order chi connectivity index (χ0) is 10.7. The van der Waals surface area contributed by atoms with E-state index in [-0.39, 0.29) is 11.4 Å². The van der Waals surface area contributed by atoms with E-state index >= 15 is 0 Å². The van der Waals surface area contributed by atoms with Crippen molar-refractivity contribution in [2.24, 2.45) is 5.73 Å². The molecule has 3 nitrogen and oxygen atoms in total. The van der Waals surface area contributed by atoms with Gasteiger partial charge in [0.15, 0.2) is 0 Å². The van der Waals surface area contributed by atoms with E-state index in [9.17, 15) is 4.79 Å². The number of amides is 1. The van der Waals surface area contributed by atoms with Crippen LogP contribution in [0.15, 0.2) is 0 Å². The molecule has 2 rings (SSSR count). The van der Waals surface area contributed by atoms with Crippen molar-refractivity contribution >= 4 is 17.7 Å². The van der Waals surface area contributed by atoms with Crippen LogP contribution in [0.4, 0.5) is 0 Å². The third-order valence-corrected chi connectivity index (χ3v) is 4.41. The number of rotatable bonds is 2. The summed E-state index contributed by atoms with van der Waals surface area (Å²) in [6.45, 7) is 1.83. The van der Waals surface area contributed by atoms with Gasteiger partial charge in [-0.25, -0.2) is 0 Å². The Morgan fingerprint density at radius 2 is 1.87 bits per heavy atom. The lowest BCUT2D eigenvalue weighted by Gasteiger charge is -2.30. The maximum absolute atomic E-state index is 12.0. The van der Waals surface area contributed by atoms with Gasteiger partial charge in [0.2, 0.25) is 5.91 Å². The van der Waals surface area contributed by atoms with Crippen LogP contribution in [0, 0.1) is 0 Å². The molecular formula is C11H20N2OS. The highest BCUT2D eigenvalue weighted by molar-refractivity contribution is 7.99. The molecule has 86 valence electrons. The lowest BCUT2D eigenvalue weighted by atomic mass is 9.94. The summed E-state index contributed by atoms with van der Waals surface area (Å²) in [5, 5.41) is 0. The first-order valence-corrected chi connectivity index (χ1v) is 7.00. The lowest BCUT2D eigenvalue weighted by Crippen LogP contribution is -2.45. The molecule has 0 bridgehead atoms. The second kappa shape index (κ2) is 4.74. The first-order valence-electron chi connectivity index (χ1n) is 5.84. The molecule has 1 saturated carbocycles. The van der Waals surface area contributed by atoms with Crippen LogP contribution in [0.1, 0.15) is 32.1 Å². The average molecular weight is 228 g/mol. The highest BCUT2D eigenvalue weighted by Gasteiger charge is 2.33. The Bertz CT molecular complexity index is 233. The smallest absolute Gasteiger partial charge is 0.224 e. The molecule has 2 N–H and O–H groups in total. The number of hydrogen-bond donors (Lipinski definition) is 1. The first kappa shape index (κ1) is 11.3. The van der Waals surface area contributed by atoms with Gasteiger partial charge in [0.1, 0.15) is 0 Å². The molecule has 1 amide bonds. The van der Waals surface area contributed by atoms with Crippen LogP contribution >= 0.6 is 11.8 Å². The van der Waals surface area contributed by atoms with Crippen LogP contribution in [-0.4, -0.2) is 40.9 Å². The van der Waals surface area contributed by atoms with E-state index in [2.05, 4.69) is 0 Å². The standard InChI is InChI=1S/C11H20N2OS/c12-11(3-1-2-4-11)9-10(14)13-5-7-15-8-6-13/h1-9,12H2. The van der Waals surface area contributed by atoms with Gasteiger partial charge in [-0.2, -0.15) is 11.8 Å². The fourth-order valence-electron chi connectivity index (χ4n) is 2.48. The van der Waals surface area contributed by atoms with E-state index in [1.54, 1.807) is 0 Å². The van der Waals surface area contributed by atoms with E-state index in [4.69, 9.17) is 5.73 Å². The number of carbonyl (C=O) groups excluding carboxylic acids is 1. The summed E-state index contributed by atoms with van der Waals surface area (Å²) >= 11 is 1.93. The molecule has 0 radical (unpaired) electrons. The van der Waals surface area contributed by atoms with Crippen LogP contribution in [-0.2, 0) is 4.79 Å². The maximum atomic E-state index is 12.0. The first-order chi connectivity index (χ1) is 7.20. The molecular weight excluding hydrogens is 208 g/mol. The van der Waals surface area contributed by atoms with Crippen molar-refractivity contribution in [2.45, 2.75) is 37.6 Å². The SMILES string of the molecule is NC1(CC(=O)N2CCSCC2)CCCC1. The van der Waals surface area contributed by atoms with Crippen LogP contribution in [0.3, 0.4) is 0 Å². The molecule has 1 heterocycles. The summed E-state index contributed by atoms with van der Waals surface area (Å²) in [5.74, 6) is 2.45. The zero-order valence-corrected chi connectivity index (χ0v) is 10.0. The molecule has 1 aliphatic carbocycles. The zero-order valence-electron chi connectivity index (χ0n) is 9.21. The van der Waals surface area contributed by atoms with E-state index in [0.29, 0.717) is 6.42 Å². The van der Waals surface area contributed by atoms with Crippen LogP contribution < -0.4 is 5.73 Å². The van der Waals surface area contributed by atoms with Crippen molar-refractivity contribution in [3.8, 4) is 0 Å². The second-order valence-electron chi connectivity index (χ2n) is 4.74. The Morgan fingerprint density at radius 3 is 2.47 bits per heavy atom. The number of nitrogens with two attached hydrogens (primary N) is 1. The normalized spacial score (nSPS) is 25.5. The molecule has 0 aromatic heterocycles. The predicted molar refractivity (Wildman–Crippen MR) is 63.9 cm³/mol. The van der Waals surface area contributed by atoms with E-state index < -0.39 is 0 Å². The van der Waals surface area contributed by atoms with Gasteiger partial charge in [0.05, 0.1) is 0 Å². The van der Waals surface area contributed by atoms with Crippen molar-refractivity contribution in [1.29, 1.82) is 0 Å². The monoisotopic (exact) mass is 228 g/mol. The summed E-state index contributed by atoms with van der Waals surface area (Å²) < 4.78 is 0. The maximum Gasteiger partial charge on any atom is 0.224 e. The number of hydrogen-bond acceptors (Lipinski definition) is 3. The Hall–Kier alpha value is -0.220. The van der Waals surface area contributed by atoms with Crippen molar-refractivity contribution in [3.63, 3.8) is 0 Å². The van der Waals surface area contributed by atoms with Gasteiger partial charge in [-0.15, -0.1) is 0 Å². The molecule has 0 aromatic carbocycles. The van der Waals surface area contributed by atoms with Crippen molar-refractivity contribution in [2.75, 3.05) is 24.6 Å². The molecule has 0 aromatic rings. The fraction of sp³-hybridized carbons (Fsp3) is 0.909. The second-order valence-corrected chi connectivity index (χ2v) is 5.96. The minimum absolute atomic E-state index is 0.179. The third kappa shape index (κ3) is 2.88. The van der Waals surface area contributed by atoms with Crippen molar-refractivity contribution < 1.29 is 4.79 Å². The molecule has 0 spiro atoms. The topological polar surface area (TPSA) is 46.3 Å². The van der Waals surface area contributed by atoms with Crippen LogP contribution in [0.25, 0.3) is 0 Å². The summed E-state index contributed by atoms with van der Waals surface area (Å²) in [5.41, 5.74) is 6.04.